The number of likely N-dealkylation sites (tertiary alicyclic amines) is 1. The number of carbonyl (C=O) groups excluding carboxylic acids is 2. The molecule has 1 N–H and O–H groups in total. The molecule has 1 aromatic rings. The molecular formula is C18H23NO4S. The molecule has 3 rings (SSSR count). The summed E-state index contributed by atoms with van der Waals surface area (Å²) in [6.07, 6.45) is 3.50. The second-order valence-corrected chi connectivity index (χ2v) is 7.92. The molecule has 1 fully saturated rings. The Bertz CT molecular complexity index is 711. The number of amides is 1. The van der Waals surface area contributed by atoms with Crippen LogP contribution in [0.5, 0.6) is 5.06 Å². The molecule has 130 valence electrons. The molecule has 2 heterocycles. The van der Waals surface area contributed by atoms with Crippen molar-refractivity contribution in [3.05, 3.63) is 27.8 Å². The zero-order chi connectivity index (χ0) is 17.5. The summed E-state index contributed by atoms with van der Waals surface area (Å²) < 4.78 is 5.65. The highest BCUT2D eigenvalue weighted by Gasteiger charge is 2.42. The molecule has 1 aliphatic carbocycles. The highest BCUT2D eigenvalue weighted by Crippen LogP contribution is 2.47. The van der Waals surface area contributed by atoms with E-state index in [1.807, 2.05) is 25.7 Å². The van der Waals surface area contributed by atoms with Crippen LogP contribution in [0.2, 0.25) is 0 Å². The van der Waals surface area contributed by atoms with E-state index >= 15 is 0 Å². The van der Waals surface area contributed by atoms with Gasteiger partial charge in [-0.1, -0.05) is 25.2 Å². The van der Waals surface area contributed by atoms with E-state index in [9.17, 15) is 14.7 Å². The molecule has 0 atom stereocenters. The highest BCUT2D eigenvalue weighted by atomic mass is 32.1. The Labute approximate surface area is 145 Å². The van der Waals surface area contributed by atoms with Crippen LogP contribution in [0, 0.1) is 5.41 Å². The number of ketones is 1. The van der Waals surface area contributed by atoms with Crippen molar-refractivity contribution < 1.29 is 19.4 Å². The maximum atomic E-state index is 12.9. The minimum Gasteiger partial charge on any atom is -0.515 e. The van der Waals surface area contributed by atoms with Crippen molar-refractivity contribution in [2.75, 3.05) is 19.7 Å². The van der Waals surface area contributed by atoms with Crippen LogP contribution in [0.3, 0.4) is 0 Å². The van der Waals surface area contributed by atoms with Crippen molar-refractivity contribution in [1.82, 2.24) is 4.90 Å². The first-order chi connectivity index (χ1) is 11.4. The predicted octanol–water partition coefficient (Wildman–Crippen LogP) is 3.59. The van der Waals surface area contributed by atoms with Gasteiger partial charge in [0.25, 0.3) is 5.91 Å². The van der Waals surface area contributed by atoms with Crippen molar-refractivity contribution in [2.24, 2.45) is 5.41 Å². The van der Waals surface area contributed by atoms with E-state index in [0.29, 0.717) is 34.1 Å². The van der Waals surface area contributed by atoms with Crippen LogP contribution in [0.15, 0.2) is 11.8 Å². The van der Waals surface area contributed by atoms with E-state index in [-0.39, 0.29) is 11.7 Å². The number of hydrogen-bond donors (Lipinski definition) is 1. The van der Waals surface area contributed by atoms with Gasteiger partial charge in [-0.2, -0.15) is 0 Å². The van der Waals surface area contributed by atoms with Crippen LogP contribution in [0.4, 0.5) is 0 Å². The fourth-order valence-electron chi connectivity index (χ4n) is 3.52. The third kappa shape index (κ3) is 2.62. The summed E-state index contributed by atoms with van der Waals surface area (Å²) in [6, 6.07) is 0. The van der Waals surface area contributed by atoms with Gasteiger partial charge in [-0.05, 0) is 31.7 Å². The fraction of sp³-hybridized carbons (Fsp3) is 0.556. The molecule has 1 aromatic heterocycles. The lowest BCUT2D eigenvalue weighted by Crippen LogP contribution is -2.33. The summed E-state index contributed by atoms with van der Waals surface area (Å²) in [6.45, 7) is 7.66. The molecule has 0 aromatic carbocycles. The minimum absolute atomic E-state index is 0.000249. The van der Waals surface area contributed by atoms with Gasteiger partial charge < -0.3 is 14.7 Å². The number of Topliss-reactive ketones (excluding diaryl/α,β-unsaturated/α-hetero) is 1. The van der Waals surface area contributed by atoms with Crippen LogP contribution in [-0.2, 0) is 6.42 Å². The second kappa shape index (κ2) is 6.24. The van der Waals surface area contributed by atoms with Gasteiger partial charge >= 0.3 is 0 Å². The largest absolute Gasteiger partial charge is 0.515 e. The summed E-state index contributed by atoms with van der Waals surface area (Å²) >= 11 is 1.27. The van der Waals surface area contributed by atoms with Crippen molar-refractivity contribution in [3.63, 3.8) is 0 Å². The average molecular weight is 349 g/mol. The van der Waals surface area contributed by atoms with Crippen LogP contribution in [-0.4, -0.2) is 41.4 Å². The molecular weight excluding hydrogens is 326 g/mol. The predicted molar refractivity (Wildman–Crippen MR) is 93.2 cm³/mol. The van der Waals surface area contributed by atoms with E-state index in [1.54, 1.807) is 0 Å². The van der Waals surface area contributed by atoms with Crippen molar-refractivity contribution in [2.45, 2.75) is 40.0 Å². The maximum Gasteiger partial charge on any atom is 0.264 e. The smallest absolute Gasteiger partial charge is 0.264 e. The third-order valence-electron chi connectivity index (χ3n) is 4.79. The van der Waals surface area contributed by atoms with Gasteiger partial charge in [0.2, 0.25) is 0 Å². The van der Waals surface area contributed by atoms with Gasteiger partial charge in [-0.3, -0.25) is 9.59 Å². The molecule has 0 unspecified atom stereocenters. The van der Waals surface area contributed by atoms with Gasteiger partial charge in [-0.15, -0.1) is 0 Å². The van der Waals surface area contributed by atoms with Gasteiger partial charge in [0.1, 0.15) is 0 Å². The Balaban J connectivity index is 2.12. The van der Waals surface area contributed by atoms with Crippen molar-refractivity contribution >= 4 is 23.0 Å². The standard InChI is InChI=1S/C18H23NO4S/c1-4-23-17-13-11(9-18(2,3)12(10-20)14(13)21)15(24-17)16(22)19-7-5-6-8-19/h10,20H,4-9H2,1-3H3/b12-10-. The van der Waals surface area contributed by atoms with E-state index in [2.05, 4.69) is 0 Å². The van der Waals surface area contributed by atoms with Gasteiger partial charge in [0, 0.05) is 24.1 Å². The summed E-state index contributed by atoms with van der Waals surface area (Å²) in [5.41, 5.74) is 1.10. The Hall–Kier alpha value is -1.82. The molecule has 24 heavy (non-hydrogen) atoms. The molecule has 0 bridgehead atoms. The number of thiophene rings is 1. The van der Waals surface area contributed by atoms with E-state index in [4.69, 9.17) is 4.74 Å². The second-order valence-electron chi connectivity index (χ2n) is 6.94. The normalized spacial score (nSPS) is 21.2. The molecule has 1 aliphatic heterocycles. The fourth-order valence-corrected chi connectivity index (χ4v) is 4.72. The summed E-state index contributed by atoms with van der Waals surface area (Å²) in [5.74, 6) is -0.233. The van der Waals surface area contributed by atoms with Crippen LogP contribution in [0.1, 0.15) is 59.2 Å². The molecule has 1 amide bonds. The average Bonchev–Trinajstić information content (AvgIpc) is 3.15. The first kappa shape index (κ1) is 17.0. The number of aliphatic hydroxyl groups excluding tert-OH is 1. The topological polar surface area (TPSA) is 66.8 Å². The van der Waals surface area contributed by atoms with E-state index < -0.39 is 5.41 Å². The van der Waals surface area contributed by atoms with Crippen molar-refractivity contribution in [3.8, 4) is 5.06 Å². The number of aliphatic hydroxyl groups is 1. The van der Waals surface area contributed by atoms with Crippen LogP contribution >= 0.6 is 11.3 Å². The number of carbonyl (C=O) groups is 2. The number of ether oxygens (including phenoxy) is 1. The number of nitrogens with zero attached hydrogens (tertiary/aromatic N) is 1. The van der Waals surface area contributed by atoms with E-state index in [1.165, 1.54) is 11.3 Å². The molecule has 0 saturated carbocycles. The minimum atomic E-state index is -0.510. The lowest BCUT2D eigenvalue weighted by molar-refractivity contribution is 0.0796. The third-order valence-corrected chi connectivity index (χ3v) is 5.92. The van der Waals surface area contributed by atoms with Gasteiger partial charge in [0.15, 0.2) is 10.8 Å². The number of allylic oxidation sites excluding steroid dienone is 1. The molecule has 5 nitrogen and oxygen atoms in total. The lowest BCUT2D eigenvalue weighted by Gasteiger charge is -2.31. The summed E-state index contributed by atoms with van der Waals surface area (Å²) in [5, 5.41) is 10.0. The Morgan fingerprint density at radius 2 is 2.04 bits per heavy atom. The van der Waals surface area contributed by atoms with Gasteiger partial charge in [0.05, 0.1) is 23.3 Å². The van der Waals surface area contributed by atoms with Crippen LogP contribution < -0.4 is 4.74 Å². The number of rotatable bonds is 3. The molecule has 6 heteroatoms. The van der Waals surface area contributed by atoms with Crippen molar-refractivity contribution in [1.29, 1.82) is 0 Å². The Morgan fingerprint density at radius 3 is 2.62 bits per heavy atom. The quantitative estimate of drug-likeness (QED) is 0.669. The Morgan fingerprint density at radius 1 is 1.38 bits per heavy atom. The molecule has 2 aliphatic rings. The first-order valence-electron chi connectivity index (χ1n) is 8.38. The first-order valence-corrected chi connectivity index (χ1v) is 9.19. The number of fused-ring (bicyclic) bond motifs is 1. The number of hydrogen-bond acceptors (Lipinski definition) is 5. The molecule has 1 saturated heterocycles. The molecule has 0 spiro atoms. The Kier molecular flexibility index (Phi) is 4.42. The highest BCUT2D eigenvalue weighted by molar-refractivity contribution is 7.16. The zero-order valence-corrected chi connectivity index (χ0v) is 15.2. The molecule has 0 radical (unpaired) electrons. The van der Waals surface area contributed by atoms with Gasteiger partial charge in [-0.25, -0.2) is 0 Å². The summed E-state index contributed by atoms with van der Waals surface area (Å²) in [7, 11) is 0. The SMILES string of the molecule is CCOc1sc(C(=O)N2CCCC2)c2c1C(=O)/C(=C/O)C(C)(C)C2. The lowest BCUT2D eigenvalue weighted by atomic mass is 9.70. The monoisotopic (exact) mass is 349 g/mol. The summed E-state index contributed by atoms with van der Waals surface area (Å²) in [4.78, 5) is 28.3. The van der Waals surface area contributed by atoms with Crippen LogP contribution in [0.25, 0.3) is 0 Å². The van der Waals surface area contributed by atoms with E-state index in [0.717, 1.165) is 37.8 Å². The maximum absolute atomic E-state index is 12.9. The zero-order valence-electron chi connectivity index (χ0n) is 14.3.